The average Bonchev–Trinajstić information content (AvgIpc) is 2.56. The largest absolute Gasteiger partial charge is 0.322 e. The molecule has 2 aromatic carbocycles. The van der Waals surface area contributed by atoms with E-state index in [1.807, 2.05) is 12.1 Å². The van der Waals surface area contributed by atoms with Gasteiger partial charge in [-0.1, -0.05) is 48.5 Å². The molecule has 0 aliphatic heterocycles. The predicted octanol–water partition coefficient (Wildman–Crippen LogP) is 4.42. The van der Waals surface area contributed by atoms with Crippen LogP contribution in [0.2, 0.25) is 0 Å². The zero-order valence-corrected chi connectivity index (χ0v) is 14.9. The summed E-state index contributed by atoms with van der Waals surface area (Å²) < 4.78 is 19.8. The zero-order chi connectivity index (χ0) is 17.7. The van der Waals surface area contributed by atoms with Crippen molar-refractivity contribution in [1.29, 1.82) is 0 Å². The molecule has 0 radical (unpaired) electrons. The summed E-state index contributed by atoms with van der Waals surface area (Å²) in [5.74, 6) is 0. The van der Waals surface area contributed by atoms with E-state index in [2.05, 4.69) is 0 Å². The Morgan fingerprint density at radius 2 is 1.46 bits per heavy atom. The summed E-state index contributed by atoms with van der Waals surface area (Å²) in [5.41, 5.74) is -0.201. The fourth-order valence-corrected chi connectivity index (χ4v) is 5.79. The van der Waals surface area contributed by atoms with Gasteiger partial charge in [-0.3, -0.25) is 14.7 Å². The summed E-state index contributed by atoms with van der Waals surface area (Å²) in [6, 6.07) is 16.7. The van der Waals surface area contributed by atoms with E-state index in [0.29, 0.717) is 10.9 Å². The van der Waals surface area contributed by atoms with E-state index in [-0.39, 0.29) is 6.10 Å². The van der Waals surface area contributed by atoms with Crippen molar-refractivity contribution in [2.75, 3.05) is 0 Å². The van der Waals surface area contributed by atoms with Crippen LogP contribution < -0.4 is 5.30 Å². The SMILES string of the molecule is CC(C)OP(=O)(c1ccccc1)C(c1ccccc1)C(C)[N+](=O)[O-]. The molecule has 0 aromatic heterocycles. The van der Waals surface area contributed by atoms with Crippen LogP contribution in [0.1, 0.15) is 32.0 Å². The van der Waals surface area contributed by atoms with Gasteiger partial charge in [0.15, 0.2) is 0 Å². The monoisotopic (exact) mass is 347 g/mol. The lowest BCUT2D eigenvalue weighted by Gasteiger charge is -2.30. The van der Waals surface area contributed by atoms with Gasteiger partial charge in [0.25, 0.3) is 0 Å². The zero-order valence-electron chi connectivity index (χ0n) is 14.0. The van der Waals surface area contributed by atoms with Crippen molar-refractivity contribution < 1.29 is 14.0 Å². The molecule has 3 unspecified atom stereocenters. The van der Waals surface area contributed by atoms with Crippen LogP contribution in [0.5, 0.6) is 0 Å². The molecule has 0 saturated carbocycles. The smallest absolute Gasteiger partial charge is 0.246 e. The van der Waals surface area contributed by atoms with Crippen molar-refractivity contribution >= 4 is 12.7 Å². The van der Waals surface area contributed by atoms with E-state index in [9.17, 15) is 14.7 Å². The maximum Gasteiger partial charge on any atom is 0.246 e. The van der Waals surface area contributed by atoms with Crippen molar-refractivity contribution in [2.24, 2.45) is 0 Å². The Bertz CT molecular complexity index is 718. The van der Waals surface area contributed by atoms with Gasteiger partial charge >= 0.3 is 0 Å². The molecular formula is C18H22NO4P. The number of benzene rings is 2. The van der Waals surface area contributed by atoms with Gasteiger partial charge in [0.2, 0.25) is 13.4 Å². The van der Waals surface area contributed by atoms with Crippen LogP contribution in [0, 0.1) is 10.1 Å². The molecule has 24 heavy (non-hydrogen) atoms. The van der Waals surface area contributed by atoms with Gasteiger partial charge in [0.1, 0.15) is 5.66 Å². The van der Waals surface area contributed by atoms with Gasteiger partial charge in [-0.15, -0.1) is 0 Å². The molecule has 128 valence electrons. The molecule has 0 N–H and O–H groups in total. The lowest BCUT2D eigenvalue weighted by atomic mass is 10.1. The first-order chi connectivity index (χ1) is 11.4. The first-order valence-corrected chi connectivity index (χ1v) is 9.58. The standard InChI is InChI=1S/C18H22NO4P/c1-14(2)23-24(22,17-12-8-5-9-13-17)18(15(3)19(20)21)16-10-6-4-7-11-16/h4-15,18H,1-3H3. The van der Waals surface area contributed by atoms with Crippen LogP contribution in [0.25, 0.3) is 0 Å². The molecule has 5 nitrogen and oxygen atoms in total. The maximum absolute atomic E-state index is 13.9. The molecular weight excluding hydrogens is 325 g/mol. The minimum atomic E-state index is -3.51. The van der Waals surface area contributed by atoms with Crippen LogP contribution in [-0.2, 0) is 9.09 Å². The van der Waals surface area contributed by atoms with E-state index in [1.54, 1.807) is 62.4 Å². The molecule has 0 spiro atoms. The van der Waals surface area contributed by atoms with Gasteiger partial charge in [-0.2, -0.15) is 0 Å². The summed E-state index contributed by atoms with van der Waals surface area (Å²) in [5, 5.41) is 12.0. The molecule has 2 rings (SSSR count). The van der Waals surface area contributed by atoms with E-state index in [0.717, 1.165) is 0 Å². The molecule has 0 heterocycles. The lowest BCUT2D eigenvalue weighted by Crippen LogP contribution is -2.29. The van der Waals surface area contributed by atoms with Crippen LogP contribution in [0.3, 0.4) is 0 Å². The fourth-order valence-electron chi connectivity index (χ4n) is 2.76. The van der Waals surface area contributed by atoms with Crippen molar-refractivity contribution in [2.45, 2.75) is 38.6 Å². The number of nitrogens with zero attached hydrogens (tertiary/aromatic N) is 1. The molecule has 0 aliphatic rings. The number of hydrogen-bond donors (Lipinski definition) is 0. The summed E-state index contributed by atoms with van der Waals surface area (Å²) >= 11 is 0. The Kier molecular flexibility index (Phi) is 5.92. The third-order valence-corrected chi connectivity index (χ3v) is 7.00. The highest BCUT2D eigenvalue weighted by atomic mass is 31.2. The summed E-state index contributed by atoms with van der Waals surface area (Å²) in [4.78, 5) is 11.1. The maximum atomic E-state index is 13.9. The Balaban J connectivity index is 2.65. The van der Waals surface area contributed by atoms with Gasteiger partial charge in [0, 0.05) is 17.2 Å². The van der Waals surface area contributed by atoms with E-state index < -0.39 is 24.0 Å². The molecule has 6 heteroatoms. The molecule has 0 amide bonds. The van der Waals surface area contributed by atoms with Crippen LogP contribution in [-0.4, -0.2) is 17.1 Å². The van der Waals surface area contributed by atoms with Crippen molar-refractivity contribution in [3.05, 3.63) is 76.3 Å². The molecule has 0 aliphatic carbocycles. The normalized spacial score (nSPS) is 16.3. The summed E-state index contributed by atoms with van der Waals surface area (Å²) in [7, 11) is -3.51. The second kappa shape index (κ2) is 7.73. The summed E-state index contributed by atoms with van der Waals surface area (Å²) in [6.07, 6.45) is -0.318. The number of hydrogen-bond acceptors (Lipinski definition) is 4. The van der Waals surface area contributed by atoms with Crippen molar-refractivity contribution in [3.63, 3.8) is 0 Å². The molecule has 0 fully saturated rings. The first kappa shape index (κ1) is 18.4. The lowest BCUT2D eigenvalue weighted by molar-refractivity contribution is -0.518. The van der Waals surface area contributed by atoms with Crippen molar-refractivity contribution in [1.82, 2.24) is 0 Å². The van der Waals surface area contributed by atoms with Crippen molar-refractivity contribution in [3.8, 4) is 0 Å². The predicted molar refractivity (Wildman–Crippen MR) is 95.5 cm³/mol. The Morgan fingerprint density at radius 3 is 1.92 bits per heavy atom. The highest BCUT2D eigenvalue weighted by Gasteiger charge is 2.46. The van der Waals surface area contributed by atoms with Gasteiger partial charge < -0.3 is 4.52 Å². The highest BCUT2D eigenvalue weighted by molar-refractivity contribution is 7.67. The number of nitro groups is 1. The van der Waals surface area contributed by atoms with Crippen LogP contribution in [0.4, 0.5) is 0 Å². The second-order valence-corrected chi connectivity index (χ2v) is 8.45. The Hall–Kier alpha value is -1.97. The van der Waals surface area contributed by atoms with Crippen LogP contribution >= 0.6 is 7.37 Å². The quantitative estimate of drug-likeness (QED) is 0.422. The molecule has 3 atom stereocenters. The third-order valence-electron chi connectivity index (χ3n) is 3.78. The second-order valence-electron chi connectivity index (χ2n) is 5.97. The molecule has 0 saturated heterocycles. The topological polar surface area (TPSA) is 69.4 Å². The summed E-state index contributed by atoms with van der Waals surface area (Å²) in [6.45, 7) is 5.06. The van der Waals surface area contributed by atoms with E-state index >= 15 is 0 Å². The first-order valence-electron chi connectivity index (χ1n) is 7.88. The fraction of sp³-hybridized carbons (Fsp3) is 0.333. The average molecular weight is 347 g/mol. The van der Waals surface area contributed by atoms with E-state index in [1.165, 1.54) is 6.92 Å². The number of rotatable bonds is 7. The van der Waals surface area contributed by atoms with E-state index in [4.69, 9.17) is 4.52 Å². The molecule has 2 aromatic rings. The Labute approximate surface area is 142 Å². The Morgan fingerprint density at radius 1 is 0.958 bits per heavy atom. The van der Waals surface area contributed by atoms with Crippen LogP contribution in [0.15, 0.2) is 60.7 Å². The minimum Gasteiger partial charge on any atom is -0.322 e. The van der Waals surface area contributed by atoms with Gasteiger partial charge in [-0.25, -0.2) is 0 Å². The third kappa shape index (κ3) is 3.92. The molecule has 0 bridgehead atoms. The highest BCUT2D eigenvalue weighted by Crippen LogP contribution is 2.61. The minimum absolute atomic E-state index is 0.318. The van der Waals surface area contributed by atoms with Gasteiger partial charge in [0.05, 0.1) is 6.10 Å². The van der Waals surface area contributed by atoms with Gasteiger partial charge in [-0.05, 0) is 31.5 Å².